The van der Waals surface area contributed by atoms with E-state index in [1.165, 1.54) is 0 Å². The van der Waals surface area contributed by atoms with Crippen molar-refractivity contribution in [2.24, 2.45) is 0 Å². The number of rotatable bonds is 5. The third-order valence-corrected chi connectivity index (χ3v) is 4.86. The monoisotopic (exact) mass is 280 g/mol. The Bertz CT molecular complexity index is 601. The molecule has 1 amide bonds. The first-order valence-corrected chi connectivity index (χ1v) is 7.59. The second-order valence-electron chi connectivity index (χ2n) is 4.37. The molecule has 0 atom stereocenters. The van der Waals surface area contributed by atoms with Crippen LogP contribution in [0.4, 0.5) is 5.69 Å². The summed E-state index contributed by atoms with van der Waals surface area (Å²) in [6.07, 6.45) is -0.111. The molecule has 1 rings (SSSR count). The number of sulfone groups is 1. The number of hydrogen-bond acceptors (Lipinski definition) is 4. The number of hydrogen-bond donors (Lipinski definition) is 1. The van der Waals surface area contributed by atoms with Crippen LogP contribution < -0.4 is 5.32 Å². The molecule has 102 valence electrons. The maximum absolute atomic E-state index is 11.7. The summed E-state index contributed by atoms with van der Waals surface area (Å²) in [4.78, 5) is 11.7. The fraction of sp³-hybridized carbons (Fsp3) is 0.385. The van der Waals surface area contributed by atoms with Gasteiger partial charge in [-0.1, -0.05) is 12.1 Å². The lowest BCUT2D eigenvalue weighted by atomic mass is 10.2. The van der Waals surface area contributed by atoms with Gasteiger partial charge in [-0.3, -0.25) is 4.79 Å². The van der Waals surface area contributed by atoms with Gasteiger partial charge in [-0.2, -0.15) is 5.26 Å². The van der Waals surface area contributed by atoms with Crippen molar-refractivity contribution in [3.05, 3.63) is 29.8 Å². The van der Waals surface area contributed by atoms with E-state index in [2.05, 4.69) is 5.32 Å². The first-order valence-electron chi connectivity index (χ1n) is 5.87. The maximum atomic E-state index is 11.7. The van der Waals surface area contributed by atoms with Gasteiger partial charge in [-0.15, -0.1) is 0 Å². The van der Waals surface area contributed by atoms with Crippen LogP contribution in [0.25, 0.3) is 0 Å². The van der Waals surface area contributed by atoms with Gasteiger partial charge in [0.05, 0.1) is 22.3 Å². The minimum atomic E-state index is -3.23. The molecule has 0 aliphatic rings. The lowest BCUT2D eigenvalue weighted by molar-refractivity contribution is -0.115. The van der Waals surface area contributed by atoms with Gasteiger partial charge in [0.15, 0.2) is 9.84 Å². The van der Waals surface area contributed by atoms with Crippen LogP contribution in [0.3, 0.4) is 0 Å². The molecule has 5 nitrogen and oxygen atoms in total. The van der Waals surface area contributed by atoms with Gasteiger partial charge in [-0.25, -0.2) is 8.42 Å². The zero-order chi connectivity index (χ0) is 14.5. The first-order chi connectivity index (χ1) is 8.86. The summed E-state index contributed by atoms with van der Waals surface area (Å²) in [7, 11) is -3.23. The molecule has 0 aliphatic carbocycles. The van der Waals surface area contributed by atoms with Crippen molar-refractivity contribution in [2.45, 2.75) is 25.5 Å². The molecule has 0 fully saturated rings. The van der Waals surface area contributed by atoms with Crippen LogP contribution in [-0.4, -0.2) is 25.3 Å². The summed E-state index contributed by atoms with van der Waals surface area (Å²) in [5.74, 6) is -0.600. The van der Waals surface area contributed by atoms with Gasteiger partial charge in [0.2, 0.25) is 5.91 Å². The molecule has 0 aromatic heterocycles. The molecular weight excluding hydrogens is 264 g/mol. The molecule has 0 radical (unpaired) electrons. The van der Waals surface area contributed by atoms with Gasteiger partial charge in [0.25, 0.3) is 0 Å². The molecule has 0 bridgehead atoms. The van der Waals surface area contributed by atoms with E-state index >= 15 is 0 Å². The van der Waals surface area contributed by atoms with E-state index in [1.54, 1.807) is 38.1 Å². The van der Waals surface area contributed by atoms with Crippen LogP contribution in [-0.2, 0) is 14.6 Å². The number of nitrogens with one attached hydrogen (secondary N) is 1. The third-order valence-electron chi connectivity index (χ3n) is 2.65. The Hall–Kier alpha value is -1.87. The van der Waals surface area contributed by atoms with Crippen molar-refractivity contribution in [2.75, 3.05) is 11.1 Å². The number of para-hydroxylation sites is 1. The zero-order valence-corrected chi connectivity index (χ0v) is 11.7. The average Bonchev–Trinajstić information content (AvgIpc) is 2.37. The van der Waals surface area contributed by atoms with Crippen molar-refractivity contribution in [1.29, 1.82) is 5.26 Å². The van der Waals surface area contributed by atoms with Crippen LogP contribution in [0.15, 0.2) is 24.3 Å². The number of benzene rings is 1. The number of amides is 1. The van der Waals surface area contributed by atoms with Crippen LogP contribution in [0.1, 0.15) is 25.8 Å². The summed E-state index contributed by atoms with van der Waals surface area (Å²) >= 11 is 0. The molecule has 19 heavy (non-hydrogen) atoms. The quantitative estimate of drug-likeness (QED) is 0.889. The number of carbonyl (C=O) groups excluding carboxylic acids is 1. The molecule has 0 unspecified atom stereocenters. The predicted molar refractivity (Wildman–Crippen MR) is 73.3 cm³/mol. The Kier molecular flexibility index (Phi) is 5.07. The highest BCUT2D eigenvalue weighted by Crippen LogP contribution is 2.14. The van der Waals surface area contributed by atoms with E-state index in [0.717, 1.165) is 0 Å². The Labute approximate surface area is 113 Å². The van der Waals surface area contributed by atoms with E-state index in [1.807, 2.05) is 6.07 Å². The van der Waals surface area contributed by atoms with Crippen molar-refractivity contribution in [3.8, 4) is 6.07 Å². The lowest BCUT2D eigenvalue weighted by Crippen LogP contribution is -2.22. The second-order valence-corrected chi connectivity index (χ2v) is 7.05. The van der Waals surface area contributed by atoms with E-state index in [9.17, 15) is 13.2 Å². The standard InChI is InChI=1S/C13H16N2O3S/c1-10(2)19(17,18)8-7-13(16)15-12-6-4-3-5-11(12)9-14/h3-6,10H,7-8H2,1-2H3,(H,15,16). The molecule has 6 heteroatoms. The van der Waals surface area contributed by atoms with E-state index in [-0.39, 0.29) is 12.2 Å². The Morgan fingerprint density at radius 1 is 1.37 bits per heavy atom. The van der Waals surface area contributed by atoms with Crippen molar-refractivity contribution >= 4 is 21.4 Å². The highest BCUT2D eigenvalue weighted by molar-refractivity contribution is 7.91. The summed E-state index contributed by atoms with van der Waals surface area (Å²) in [5, 5.41) is 10.9. The van der Waals surface area contributed by atoms with Gasteiger partial charge in [-0.05, 0) is 26.0 Å². The number of carbonyl (C=O) groups is 1. The Morgan fingerprint density at radius 3 is 2.58 bits per heavy atom. The van der Waals surface area contributed by atoms with Gasteiger partial charge < -0.3 is 5.32 Å². The topological polar surface area (TPSA) is 87.0 Å². The summed E-state index contributed by atoms with van der Waals surface area (Å²) in [6.45, 7) is 3.16. The predicted octanol–water partition coefficient (Wildman–Crippen LogP) is 1.71. The largest absolute Gasteiger partial charge is 0.325 e. The Morgan fingerprint density at radius 2 is 2.00 bits per heavy atom. The van der Waals surface area contributed by atoms with Gasteiger partial charge >= 0.3 is 0 Å². The summed E-state index contributed by atoms with van der Waals surface area (Å²) < 4.78 is 23.2. The third kappa shape index (κ3) is 4.38. The van der Waals surface area contributed by atoms with Gasteiger partial charge in [0.1, 0.15) is 6.07 Å². The van der Waals surface area contributed by atoms with E-state index in [4.69, 9.17) is 5.26 Å². The van der Waals surface area contributed by atoms with Crippen molar-refractivity contribution in [3.63, 3.8) is 0 Å². The van der Waals surface area contributed by atoms with E-state index < -0.39 is 21.0 Å². The molecule has 1 aromatic carbocycles. The maximum Gasteiger partial charge on any atom is 0.225 e. The number of nitrogens with zero attached hydrogens (tertiary/aromatic N) is 1. The summed E-state index contributed by atoms with van der Waals surface area (Å²) in [6, 6.07) is 8.53. The normalized spacial score (nSPS) is 11.1. The molecule has 1 N–H and O–H groups in total. The molecule has 0 saturated carbocycles. The Balaban J connectivity index is 2.65. The zero-order valence-electron chi connectivity index (χ0n) is 10.9. The van der Waals surface area contributed by atoms with Crippen LogP contribution in [0, 0.1) is 11.3 Å². The van der Waals surface area contributed by atoms with Crippen molar-refractivity contribution < 1.29 is 13.2 Å². The molecule has 0 heterocycles. The molecule has 0 aliphatic heterocycles. The first kappa shape index (κ1) is 15.2. The highest BCUT2D eigenvalue weighted by Gasteiger charge is 2.18. The van der Waals surface area contributed by atoms with Crippen molar-refractivity contribution in [1.82, 2.24) is 0 Å². The van der Waals surface area contributed by atoms with Crippen LogP contribution in [0.5, 0.6) is 0 Å². The molecule has 0 spiro atoms. The molecular formula is C13H16N2O3S. The van der Waals surface area contributed by atoms with Crippen LogP contribution >= 0.6 is 0 Å². The highest BCUT2D eigenvalue weighted by atomic mass is 32.2. The van der Waals surface area contributed by atoms with Gasteiger partial charge in [0, 0.05) is 6.42 Å². The SMILES string of the molecule is CC(C)S(=O)(=O)CCC(=O)Nc1ccccc1C#N. The second kappa shape index (κ2) is 6.34. The fourth-order valence-corrected chi connectivity index (χ4v) is 2.31. The fourth-order valence-electron chi connectivity index (χ4n) is 1.37. The molecule has 1 aromatic rings. The minimum Gasteiger partial charge on any atom is -0.325 e. The average molecular weight is 280 g/mol. The smallest absolute Gasteiger partial charge is 0.225 e. The number of anilines is 1. The van der Waals surface area contributed by atoms with E-state index in [0.29, 0.717) is 11.3 Å². The lowest BCUT2D eigenvalue weighted by Gasteiger charge is -2.09. The minimum absolute atomic E-state index is 0.111. The summed E-state index contributed by atoms with van der Waals surface area (Å²) in [5.41, 5.74) is 0.750. The molecule has 0 saturated heterocycles. The number of nitriles is 1. The van der Waals surface area contributed by atoms with Crippen LogP contribution in [0.2, 0.25) is 0 Å².